The third-order valence-corrected chi connectivity index (χ3v) is 4.00. The SMILES string of the molecule is CCCOc1cc2ccc3ccn(C(=O)OC(C)(C)C)c3c2cc1OC. The van der Waals surface area contributed by atoms with Crippen molar-refractivity contribution < 1.29 is 19.0 Å². The number of fused-ring (bicyclic) bond motifs is 3. The number of ether oxygens (including phenoxy) is 3. The smallest absolute Gasteiger partial charge is 0.419 e. The first-order valence-corrected chi connectivity index (χ1v) is 8.82. The molecule has 0 unspecified atom stereocenters. The topological polar surface area (TPSA) is 49.7 Å². The molecule has 0 saturated heterocycles. The predicted molar refractivity (Wildman–Crippen MR) is 103 cm³/mol. The van der Waals surface area contributed by atoms with E-state index in [2.05, 4.69) is 6.92 Å². The number of benzene rings is 2. The lowest BCUT2D eigenvalue weighted by atomic mass is 10.1. The lowest BCUT2D eigenvalue weighted by Crippen LogP contribution is -2.26. The van der Waals surface area contributed by atoms with Crippen molar-refractivity contribution in [1.82, 2.24) is 4.57 Å². The molecule has 0 radical (unpaired) electrons. The Labute approximate surface area is 153 Å². The highest BCUT2D eigenvalue weighted by atomic mass is 16.6. The fourth-order valence-electron chi connectivity index (χ4n) is 2.91. The molecule has 0 bridgehead atoms. The summed E-state index contributed by atoms with van der Waals surface area (Å²) in [7, 11) is 1.62. The highest BCUT2D eigenvalue weighted by molar-refractivity contribution is 6.09. The second-order valence-corrected chi connectivity index (χ2v) is 7.24. The summed E-state index contributed by atoms with van der Waals surface area (Å²) in [6, 6.07) is 9.80. The molecule has 0 spiro atoms. The van der Waals surface area contributed by atoms with Gasteiger partial charge in [-0.3, -0.25) is 4.57 Å². The van der Waals surface area contributed by atoms with E-state index in [0.29, 0.717) is 18.1 Å². The molecule has 0 N–H and O–H groups in total. The molecular weight excluding hydrogens is 330 g/mol. The molecule has 0 aliphatic heterocycles. The molecular formula is C21H25NO4. The predicted octanol–water partition coefficient (Wildman–Crippen LogP) is 5.38. The standard InChI is InChI=1S/C21H25NO4/c1-6-11-25-18-12-15-8-7-14-9-10-22(20(23)26-21(2,3)4)19(14)16(15)13-17(18)24-5/h7-10,12-13H,6,11H2,1-5H3. The molecule has 1 heterocycles. The number of hydrogen-bond acceptors (Lipinski definition) is 4. The maximum atomic E-state index is 12.6. The van der Waals surface area contributed by atoms with Gasteiger partial charge >= 0.3 is 6.09 Å². The summed E-state index contributed by atoms with van der Waals surface area (Å²) in [5, 5.41) is 2.86. The summed E-state index contributed by atoms with van der Waals surface area (Å²) in [6.07, 6.45) is 2.26. The van der Waals surface area contributed by atoms with Crippen molar-refractivity contribution in [2.75, 3.05) is 13.7 Å². The van der Waals surface area contributed by atoms with Crippen LogP contribution < -0.4 is 9.47 Å². The van der Waals surface area contributed by atoms with Crippen molar-refractivity contribution in [1.29, 1.82) is 0 Å². The number of rotatable bonds is 4. The van der Waals surface area contributed by atoms with E-state index < -0.39 is 11.7 Å². The van der Waals surface area contributed by atoms with Gasteiger partial charge in [0.2, 0.25) is 0 Å². The molecule has 3 rings (SSSR count). The fourth-order valence-corrected chi connectivity index (χ4v) is 2.91. The summed E-state index contributed by atoms with van der Waals surface area (Å²) >= 11 is 0. The van der Waals surface area contributed by atoms with Crippen molar-refractivity contribution >= 4 is 27.8 Å². The molecule has 3 aromatic rings. The van der Waals surface area contributed by atoms with Crippen LogP contribution in [0.2, 0.25) is 0 Å². The maximum Gasteiger partial charge on any atom is 0.419 e. The van der Waals surface area contributed by atoms with Gasteiger partial charge in [-0.15, -0.1) is 0 Å². The van der Waals surface area contributed by atoms with Crippen molar-refractivity contribution in [2.45, 2.75) is 39.7 Å². The Kier molecular flexibility index (Phi) is 4.81. The molecule has 5 nitrogen and oxygen atoms in total. The zero-order valence-corrected chi connectivity index (χ0v) is 16.0. The van der Waals surface area contributed by atoms with Crippen LogP contribution in [0.3, 0.4) is 0 Å². The number of methoxy groups -OCH3 is 1. The third kappa shape index (κ3) is 3.47. The minimum atomic E-state index is -0.558. The Balaban J connectivity index is 2.18. The van der Waals surface area contributed by atoms with Crippen molar-refractivity contribution in [3.63, 3.8) is 0 Å². The minimum absolute atomic E-state index is 0.398. The van der Waals surface area contributed by atoms with Gasteiger partial charge in [0.1, 0.15) is 5.60 Å². The molecule has 138 valence electrons. The molecule has 0 saturated carbocycles. The summed E-state index contributed by atoms with van der Waals surface area (Å²) < 4.78 is 18.4. The second-order valence-electron chi connectivity index (χ2n) is 7.24. The van der Waals surface area contributed by atoms with E-state index in [0.717, 1.165) is 28.1 Å². The zero-order valence-electron chi connectivity index (χ0n) is 16.0. The lowest BCUT2D eigenvalue weighted by Gasteiger charge is -2.20. The minimum Gasteiger partial charge on any atom is -0.493 e. The molecule has 0 atom stereocenters. The number of aromatic nitrogens is 1. The van der Waals surface area contributed by atoms with Gasteiger partial charge in [-0.05, 0) is 50.8 Å². The van der Waals surface area contributed by atoms with E-state index in [1.165, 1.54) is 0 Å². The van der Waals surface area contributed by atoms with Crippen LogP contribution >= 0.6 is 0 Å². The van der Waals surface area contributed by atoms with E-state index >= 15 is 0 Å². The normalized spacial score (nSPS) is 11.7. The van der Waals surface area contributed by atoms with Crippen LogP contribution in [-0.4, -0.2) is 30.0 Å². The van der Waals surface area contributed by atoms with Crippen LogP contribution in [0.1, 0.15) is 34.1 Å². The van der Waals surface area contributed by atoms with Gasteiger partial charge in [0.25, 0.3) is 0 Å². The molecule has 0 aliphatic carbocycles. The number of hydrogen-bond donors (Lipinski definition) is 0. The first-order chi connectivity index (χ1) is 12.3. The molecule has 0 amide bonds. The van der Waals surface area contributed by atoms with Crippen molar-refractivity contribution in [2.24, 2.45) is 0 Å². The zero-order chi connectivity index (χ0) is 18.9. The monoisotopic (exact) mass is 355 g/mol. The van der Waals surface area contributed by atoms with E-state index in [4.69, 9.17) is 14.2 Å². The average molecular weight is 355 g/mol. The molecule has 5 heteroatoms. The Morgan fingerprint density at radius 2 is 1.81 bits per heavy atom. The van der Waals surface area contributed by atoms with Gasteiger partial charge in [-0.1, -0.05) is 19.1 Å². The lowest BCUT2D eigenvalue weighted by molar-refractivity contribution is 0.0545. The third-order valence-electron chi connectivity index (χ3n) is 4.00. The number of carbonyl (C=O) groups is 1. The van der Waals surface area contributed by atoms with Crippen LogP contribution in [0, 0.1) is 0 Å². The largest absolute Gasteiger partial charge is 0.493 e. The highest BCUT2D eigenvalue weighted by Gasteiger charge is 2.20. The summed E-state index contributed by atoms with van der Waals surface area (Å²) in [5.74, 6) is 1.35. The van der Waals surface area contributed by atoms with E-state index in [1.54, 1.807) is 17.9 Å². The van der Waals surface area contributed by atoms with Gasteiger partial charge in [-0.2, -0.15) is 0 Å². The highest BCUT2D eigenvalue weighted by Crippen LogP contribution is 2.36. The fraction of sp³-hybridized carbons (Fsp3) is 0.381. The first-order valence-electron chi connectivity index (χ1n) is 8.82. The Morgan fingerprint density at radius 3 is 2.46 bits per heavy atom. The quantitative estimate of drug-likeness (QED) is 0.631. The van der Waals surface area contributed by atoms with Crippen molar-refractivity contribution in [3.8, 4) is 11.5 Å². The summed E-state index contributed by atoms with van der Waals surface area (Å²) in [6.45, 7) is 8.25. The van der Waals surface area contributed by atoms with Gasteiger partial charge in [-0.25, -0.2) is 4.79 Å². The van der Waals surface area contributed by atoms with Gasteiger partial charge in [0.15, 0.2) is 11.5 Å². The van der Waals surface area contributed by atoms with Crippen LogP contribution in [0.25, 0.3) is 21.7 Å². The van der Waals surface area contributed by atoms with Crippen LogP contribution in [0.5, 0.6) is 11.5 Å². The van der Waals surface area contributed by atoms with Crippen LogP contribution in [0.4, 0.5) is 4.79 Å². The molecule has 26 heavy (non-hydrogen) atoms. The van der Waals surface area contributed by atoms with E-state index in [9.17, 15) is 4.79 Å². The van der Waals surface area contributed by atoms with Crippen LogP contribution in [-0.2, 0) is 4.74 Å². The summed E-state index contributed by atoms with van der Waals surface area (Å²) in [5.41, 5.74) is 0.244. The van der Waals surface area contributed by atoms with E-state index in [-0.39, 0.29) is 0 Å². The van der Waals surface area contributed by atoms with Crippen LogP contribution in [0.15, 0.2) is 36.5 Å². The first kappa shape index (κ1) is 18.1. The Hall–Kier alpha value is -2.69. The van der Waals surface area contributed by atoms with Gasteiger partial charge in [0, 0.05) is 17.0 Å². The Morgan fingerprint density at radius 1 is 1.08 bits per heavy atom. The summed E-state index contributed by atoms with van der Waals surface area (Å²) in [4.78, 5) is 12.6. The molecule has 2 aromatic carbocycles. The van der Waals surface area contributed by atoms with Crippen molar-refractivity contribution in [3.05, 3.63) is 36.5 Å². The molecule has 0 fully saturated rings. The number of nitrogens with zero attached hydrogens (tertiary/aromatic N) is 1. The van der Waals surface area contributed by atoms with Gasteiger partial charge in [0.05, 0.1) is 19.2 Å². The average Bonchev–Trinajstić information content (AvgIpc) is 3.02. The molecule has 1 aromatic heterocycles. The Bertz CT molecular complexity index is 950. The molecule has 0 aliphatic rings. The second kappa shape index (κ2) is 6.90. The van der Waals surface area contributed by atoms with E-state index in [1.807, 2.05) is 51.1 Å². The maximum absolute atomic E-state index is 12.6. The number of carbonyl (C=O) groups excluding carboxylic acids is 1. The van der Waals surface area contributed by atoms with Gasteiger partial charge < -0.3 is 14.2 Å².